The van der Waals surface area contributed by atoms with Crippen LogP contribution in [0.4, 0.5) is 5.82 Å². The first-order valence-corrected chi connectivity index (χ1v) is 11.8. The first-order chi connectivity index (χ1) is 16.2. The van der Waals surface area contributed by atoms with Crippen LogP contribution in [0.5, 0.6) is 0 Å². The second-order valence-electron chi connectivity index (χ2n) is 9.07. The lowest BCUT2D eigenvalue weighted by Crippen LogP contribution is -2.41. The van der Waals surface area contributed by atoms with Crippen molar-refractivity contribution in [2.24, 2.45) is 5.41 Å². The summed E-state index contributed by atoms with van der Waals surface area (Å²) in [5.74, 6) is 1.69. The summed E-state index contributed by atoms with van der Waals surface area (Å²) in [5, 5.41) is 9.48. The fraction of sp³-hybridized carbons (Fsp3) is 0.375. The molecule has 4 aromatic heterocycles. The maximum atomic E-state index is 6.04. The molecule has 2 fully saturated rings. The summed E-state index contributed by atoms with van der Waals surface area (Å²) in [5.41, 5.74) is 3.14. The summed E-state index contributed by atoms with van der Waals surface area (Å²) in [6, 6.07) is 5.99. The number of nitrogens with one attached hydrogen (secondary N) is 1. The van der Waals surface area contributed by atoms with Crippen molar-refractivity contribution in [3.05, 3.63) is 59.9 Å². The predicted octanol–water partition coefficient (Wildman–Crippen LogP) is 3.56. The highest BCUT2D eigenvalue weighted by atomic mass is 35.5. The van der Waals surface area contributed by atoms with Crippen LogP contribution in [0, 0.1) is 5.41 Å². The summed E-state index contributed by atoms with van der Waals surface area (Å²) < 4.78 is 1.79. The van der Waals surface area contributed by atoms with Gasteiger partial charge in [0.2, 0.25) is 0 Å². The minimum absolute atomic E-state index is 0.444. The van der Waals surface area contributed by atoms with Crippen LogP contribution in [0.1, 0.15) is 25.0 Å². The zero-order valence-corrected chi connectivity index (χ0v) is 19.0. The van der Waals surface area contributed by atoms with E-state index in [9.17, 15) is 0 Å². The minimum atomic E-state index is 0.444. The molecule has 0 aliphatic carbocycles. The molecule has 8 nitrogen and oxygen atoms in total. The SMILES string of the molecule is Clc1cnn(Cc2cc3c(N4CCC5(CCNC5)CC4)nc(-c4ccncc4)nc3cn2)c1. The second kappa shape index (κ2) is 8.35. The third kappa shape index (κ3) is 4.05. The van der Waals surface area contributed by atoms with E-state index in [1.165, 1.54) is 19.3 Å². The molecule has 2 aliphatic heterocycles. The van der Waals surface area contributed by atoms with E-state index in [1.807, 2.05) is 18.3 Å². The number of hydrogen-bond donors (Lipinski definition) is 1. The largest absolute Gasteiger partial charge is 0.356 e. The number of pyridine rings is 2. The number of rotatable bonds is 4. The lowest BCUT2D eigenvalue weighted by molar-refractivity contribution is 0.247. The molecule has 0 radical (unpaired) electrons. The van der Waals surface area contributed by atoms with E-state index < -0.39 is 0 Å². The fourth-order valence-corrected chi connectivity index (χ4v) is 5.18. The van der Waals surface area contributed by atoms with Gasteiger partial charge in [-0.1, -0.05) is 11.6 Å². The maximum Gasteiger partial charge on any atom is 0.162 e. The second-order valence-corrected chi connectivity index (χ2v) is 9.51. The summed E-state index contributed by atoms with van der Waals surface area (Å²) in [4.78, 5) is 21.1. The van der Waals surface area contributed by atoms with Crippen LogP contribution in [0.25, 0.3) is 22.3 Å². The van der Waals surface area contributed by atoms with E-state index in [4.69, 9.17) is 21.6 Å². The van der Waals surface area contributed by atoms with E-state index in [0.29, 0.717) is 22.8 Å². The topological polar surface area (TPSA) is 84.7 Å². The molecule has 0 amide bonds. The molecule has 0 atom stereocenters. The van der Waals surface area contributed by atoms with Gasteiger partial charge in [-0.05, 0) is 49.4 Å². The lowest BCUT2D eigenvalue weighted by atomic mass is 9.78. The van der Waals surface area contributed by atoms with Gasteiger partial charge in [0.1, 0.15) is 5.82 Å². The Hall–Kier alpha value is -3.10. The van der Waals surface area contributed by atoms with Gasteiger partial charge < -0.3 is 10.2 Å². The zero-order chi connectivity index (χ0) is 22.3. The molecule has 0 bridgehead atoms. The summed E-state index contributed by atoms with van der Waals surface area (Å²) >= 11 is 6.04. The molecule has 1 spiro atoms. The van der Waals surface area contributed by atoms with Crippen LogP contribution in [-0.2, 0) is 6.54 Å². The lowest BCUT2D eigenvalue weighted by Gasteiger charge is -2.39. The Balaban J connectivity index is 1.40. The molecule has 4 aromatic rings. The van der Waals surface area contributed by atoms with Gasteiger partial charge in [0, 0.05) is 49.2 Å². The number of piperidine rings is 1. The van der Waals surface area contributed by atoms with Crippen molar-refractivity contribution in [1.82, 2.24) is 35.0 Å². The first-order valence-electron chi connectivity index (χ1n) is 11.4. The van der Waals surface area contributed by atoms with Crippen molar-refractivity contribution in [3.63, 3.8) is 0 Å². The predicted molar refractivity (Wildman–Crippen MR) is 128 cm³/mol. The van der Waals surface area contributed by atoms with Gasteiger partial charge in [-0.25, -0.2) is 9.97 Å². The summed E-state index contributed by atoms with van der Waals surface area (Å²) in [7, 11) is 0. The van der Waals surface area contributed by atoms with Crippen LogP contribution in [0.3, 0.4) is 0 Å². The normalized spacial score (nSPS) is 17.8. The highest BCUT2D eigenvalue weighted by Gasteiger charge is 2.37. The van der Waals surface area contributed by atoms with Crippen molar-refractivity contribution >= 4 is 28.3 Å². The zero-order valence-electron chi connectivity index (χ0n) is 18.3. The molecule has 9 heteroatoms. The quantitative estimate of drug-likeness (QED) is 0.498. The molecule has 1 N–H and O–H groups in total. The number of fused-ring (bicyclic) bond motifs is 1. The Morgan fingerprint density at radius 2 is 1.91 bits per heavy atom. The van der Waals surface area contributed by atoms with Gasteiger partial charge >= 0.3 is 0 Å². The highest BCUT2D eigenvalue weighted by Crippen LogP contribution is 2.39. The monoisotopic (exact) mass is 460 g/mol. The fourth-order valence-electron chi connectivity index (χ4n) is 5.02. The Bertz CT molecular complexity index is 1270. The van der Waals surface area contributed by atoms with Crippen LogP contribution < -0.4 is 10.2 Å². The number of hydrogen-bond acceptors (Lipinski definition) is 7. The smallest absolute Gasteiger partial charge is 0.162 e. The number of anilines is 1. The molecular formula is C24H25ClN8. The van der Waals surface area contributed by atoms with E-state index in [1.54, 1.807) is 29.5 Å². The van der Waals surface area contributed by atoms with Crippen LogP contribution in [0.2, 0.25) is 5.02 Å². The molecule has 0 saturated carbocycles. The maximum absolute atomic E-state index is 6.04. The first kappa shape index (κ1) is 20.5. The van der Waals surface area contributed by atoms with Gasteiger partial charge in [-0.2, -0.15) is 5.10 Å². The third-order valence-corrected chi connectivity index (χ3v) is 7.13. The standard InChI is InChI=1S/C24H25ClN8/c25-18-12-29-33(14-18)15-19-11-20-21(13-28-19)30-22(17-1-6-26-7-2-17)31-23(20)32-9-4-24(5-10-32)3-8-27-16-24/h1-2,6-7,11-14,27H,3-5,8-10,15-16H2. The van der Waals surface area contributed by atoms with Gasteiger partial charge in [-0.3, -0.25) is 14.6 Å². The number of aromatic nitrogens is 6. The van der Waals surface area contributed by atoms with Crippen molar-refractivity contribution in [1.29, 1.82) is 0 Å². The molecule has 0 aromatic carbocycles. The number of halogens is 1. The molecule has 0 unspecified atom stereocenters. The molecule has 2 saturated heterocycles. The van der Waals surface area contributed by atoms with Gasteiger partial charge in [-0.15, -0.1) is 0 Å². The van der Waals surface area contributed by atoms with E-state index >= 15 is 0 Å². The Morgan fingerprint density at radius 1 is 1.06 bits per heavy atom. The van der Waals surface area contributed by atoms with Gasteiger partial charge in [0.15, 0.2) is 5.82 Å². The van der Waals surface area contributed by atoms with E-state index in [2.05, 4.69) is 31.3 Å². The Kier molecular flexibility index (Phi) is 5.19. The van der Waals surface area contributed by atoms with Crippen molar-refractivity contribution < 1.29 is 0 Å². The average molecular weight is 461 g/mol. The average Bonchev–Trinajstić information content (AvgIpc) is 3.48. The number of nitrogens with zero attached hydrogens (tertiary/aromatic N) is 7. The molecule has 6 heterocycles. The van der Waals surface area contributed by atoms with Gasteiger partial charge in [0.25, 0.3) is 0 Å². The summed E-state index contributed by atoms with van der Waals surface area (Å²) in [6.07, 6.45) is 12.5. The van der Waals surface area contributed by atoms with E-state index in [-0.39, 0.29) is 0 Å². The molecule has 168 valence electrons. The van der Waals surface area contributed by atoms with Crippen molar-refractivity contribution in [2.45, 2.75) is 25.8 Å². The molecule has 6 rings (SSSR count). The van der Waals surface area contributed by atoms with Crippen molar-refractivity contribution in [2.75, 3.05) is 31.1 Å². The third-order valence-electron chi connectivity index (χ3n) is 6.94. The van der Waals surface area contributed by atoms with E-state index in [0.717, 1.165) is 54.2 Å². The Labute approximate surface area is 197 Å². The minimum Gasteiger partial charge on any atom is -0.356 e. The Morgan fingerprint density at radius 3 is 2.64 bits per heavy atom. The van der Waals surface area contributed by atoms with Crippen molar-refractivity contribution in [3.8, 4) is 11.4 Å². The highest BCUT2D eigenvalue weighted by molar-refractivity contribution is 6.30. The van der Waals surface area contributed by atoms with Gasteiger partial charge in [0.05, 0.1) is 35.2 Å². The van der Waals surface area contributed by atoms with Crippen LogP contribution in [0.15, 0.2) is 49.2 Å². The van der Waals surface area contributed by atoms with Crippen LogP contribution in [-0.4, -0.2) is 55.9 Å². The summed E-state index contributed by atoms with van der Waals surface area (Å²) in [6.45, 7) is 4.80. The molecule has 2 aliphatic rings. The molecular weight excluding hydrogens is 436 g/mol. The van der Waals surface area contributed by atoms with Crippen LogP contribution >= 0.6 is 11.6 Å². The molecule has 33 heavy (non-hydrogen) atoms.